The molecule has 3 rings (SSSR count). The molecule has 0 saturated heterocycles. The van der Waals surface area contributed by atoms with E-state index in [1.54, 1.807) is 24.3 Å². The summed E-state index contributed by atoms with van der Waals surface area (Å²) in [5, 5.41) is 3.40. The van der Waals surface area contributed by atoms with Crippen molar-refractivity contribution in [3.63, 3.8) is 0 Å². The van der Waals surface area contributed by atoms with Gasteiger partial charge < -0.3 is 15.8 Å². The third-order valence-electron chi connectivity index (χ3n) is 3.80. The van der Waals surface area contributed by atoms with Crippen LogP contribution in [-0.2, 0) is 11.2 Å². The van der Waals surface area contributed by atoms with Gasteiger partial charge >= 0.3 is 0 Å². The SMILES string of the molecule is NC1=N[C@@H](CCc2ccc(NC(=O)c3cccc(Cl)c3)cc2)CO1. The van der Waals surface area contributed by atoms with Gasteiger partial charge in [0, 0.05) is 16.3 Å². The lowest BCUT2D eigenvalue weighted by Crippen LogP contribution is -2.12. The summed E-state index contributed by atoms with van der Waals surface area (Å²) in [6.45, 7) is 0.555. The number of anilines is 1. The zero-order chi connectivity index (χ0) is 16.9. The van der Waals surface area contributed by atoms with Gasteiger partial charge in [0.05, 0.1) is 6.04 Å². The second-order valence-corrected chi connectivity index (χ2v) is 6.07. The Balaban J connectivity index is 1.55. The molecule has 2 aromatic carbocycles. The van der Waals surface area contributed by atoms with Crippen molar-refractivity contribution in [1.29, 1.82) is 0 Å². The van der Waals surface area contributed by atoms with Crippen molar-refractivity contribution < 1.29 is 9.53 Å². The fourth-order valence-electron chi connectivity index (χ4n) is 2.50. The van der Waals surface area contributed by atoms with Gasteiger partial charge in [0.1, 0.15) is 6.61 Å². The molecule has 1 atom stereocenters. The van der Waals surface area contributed by atoms with Gasteiger partial charge in [-0.05, 0) is 48.7 Å². The number of nitrogens with two attached hydrogens (primary N) is 1. The van der Waals surface area contributed by atoms with E-state index in [1.807, 2.05) is 24.3 Å². The zero-order valence-electron chi connectivity index (χ0n) is 13.0. The van der Waals surface area contributed by atoms with E-state index < -0.39 is 0 Å². The lowest BCUT2D eigenvalue weighted by molar-refractivity contribution is 0.102. The number of aryl methyl sites for hydroxylation is 1. The van der Waals surface area contributed by atoms with Crippen LogP contribution in [0.5, 0.6) is 0 Å². The third kappa shape index (κ3) is 4.26. The molecule has 0 radical (unpaired) electrons. The van der Waals surface area contributed by atoms with Crippen LogP contribution >= 0.6 is 11.6 Å². The smallest absolute Gasteiger partial charge is 0.282 e. The first-order valence-electron chi connectivity index (χ1n) is 7.72. The molecule has 0 bridgehead atoms. The van der Waals surface area contributed by atoms with E-state index in [1.165, 1.54) is 5.56 Å². The number of amidine groups is 1. The Hall–Kier alpha value is -2.53. The van der Waals surface area contributed by atoms with E-state index in [-0.39, 0.29) is 18.0 Å². The molecular weight excluding hydrogens is 326 g/mol. The number of rotatable bonds is 5. The number of hydrogen-bond donors (Lipinski definition) is 2. The fourth-order valence-corrected chi connectivity index (χ4v) is 2.70. The highest BCUT2D eigenvalue weighted by Crippen LogP contribution is 2.16. The van der Waals surface area contributed by atoms with Crippen LogP contribution in [0.3, 0.4) is 0 Å². The number of carbonyl (C=O) groups is 1. The molecule has 0 saturated carbocycles. The summed E-state index contributed by atoms with van der Waals surface area (Å²) >= 11 is 5.90. The molecule has 5 nitrogen and oxygen atoms in total. The Labute approximate surface area is 145 Å². The van der Waals surface area contributed by atoms with Gasteiger partial charge in [0.15, 0.2) is 0 Å². The van der Waals surface area contributed by atoms with Crippen LogP contribution in [0, 0.1) is 0 Å². The summed E-state index contributed by atoms with van der Waals surface area (Å²) in [6.07, 6.45) is 1.77. The largest absolute Gasteiger partial charge is 0.463 e. The number of halogens is 1. The van der Waals surface area contributed by atoms with Crippen molar-refractivity contribution in [3.8, 4) is 0 Å². The lowest BCUT2D eigenvalue weighted by Gasteiger charge is -2.08. The molecule has 6 heteroatoms. The Kier molecular flexibility index (Phi) is 5.01. The quantitative estimate of drug-likeness (QED) is 0.875. The lowest BCUT2D eigenvalue weighted by atomic mass is 10.1. The first-order chi connectivity index (χ1) is 11.6. The highest BCUT2D eigenvalue weighted by molar-refractivity contribution is 6.31. The van der Waals surface area contributed by atoms with Crippen molar-refractivity contribution in [1.82, 2.24) is 0 Å². The number of amides is 1. The summed E-state index contributed by atoms with van der Waals surface area (Å²) in [5.41, 5.74) is 7.95. The van der Waals surface area contributed by atoms with E-state index in [4.69, 9.17) is 22.1 Å². The van der Waals surface area contributed by atoms with Crippen molar-refractivity contribution in [2.45, 2.75) is 18.9 Å². The maximum atomic E-state index is 12.2. The number of hydrogen-bond acceptors (Lipinski definition) is 4. The summed E-state index contributed by atoms with van der Waals surface area (Å²) < 4.78 is 5.14. The summed E-state index contributed by atoms with van der Waals surface area (Å²) in [7, 11) is 0. The monoisotopic (exact) mass is 343 g/mol. The molecule has 1 heterocycles. The van der Waals surface area contributed by atoms with Crippen molar-refractivity contribution in [3.05, 3.63) is 64.7 Å². The van der Waals surface area contributed by atoms with E-state index in [0.29, 0.717) is 17.2 Å². The Morgan fingerprint density at radius 3 is 2.75 bits per heavy atom. The average Bonchev–Trinajstić information content (AvgIpc) is 3.00. The van der Waals surface area contributed by atoms with Crippen LogP contribution in [0.4, 0.5) is 5.69 Å². The van der Waals surface area contributed by atoms with Crippen LogP contribution < -0.4 is 11.1 Å². The number of aliphatic imine (C=N–C) groups is 1. The van der Waals surface area contributed by atoms with Gasteiger partial charge in [-0.2, -0.15) is 0 Å². The first-order valence-corrected chi connectivity index (χ1v) is 8.10. The molecule has 0 aliphatic carbocycles. The minimum atomic E-state index is -0.182. The number of ether oxygens (including phenoxy) is 1. The highest BCUT2D eigenvalue weighted by Gasteiger charge is 2.16. The molecule has 1 aliphatic heterocycles. The minimum absolute atomic E-state index is 0.132. The maximum Gasteiger partial charge on any atom is 0.282 e. The number of benzene rings is 2. The topological polar surface area (TPSA) is 76.7 Å². The third-order valence-corrected chi connectivity index (χ3v) is 4.03. The molecule has 0 spiro atoms. The molecule has 2 aromatic rings. The highest BCUT2D eigenvalue weighted by atomic mass is 35.5. The van der Waals surface area contributed by atoms with E-state index in [9.17, 15) is 4.79 Å². The number of carbonyl (C=O) groups excluding carboxylic acids is 1. The van der Waals surface area contributed by atoms with E-state index >= 15 is 0 Å². The number of nitrogens with zero attached hydrogens (tertiary/aromatic N) is 1. The van der Waals surface area contributed by atoms with Crippen molar-refractivity contribution in [2.24, 2.45) is 10.7 Å². The van der Waals surface area contributed by atoms with Crippen LogP contribution in [-0.4, -0.2) is 24.6 Å². The standard InChI is InChI=1S/C18H18ClN3O2/c19-14-3-1-2-13(10-14)17(23)21-15-7-4-12(5-8-15)6-9-16-11-24-18(20)22-16/h1-5,7-8,10,16H,6,9,11H2,(H2,20,22)(H,21,23)/t16-/m0/s1. The van der Waals surface area contributed by atoms with Gasteiger partial charge in [-0.1, -0.05) is 29.8 Å². The number of nitrogens with one attached hydrogen (secondary N) is 1. The minimum Gasteiger partial charge on any atom is -0.463 e. The Morgan fingerprint density at radius 1 is 1.29 bits per heavy atom. The van der Waals surface area contributed by atoms with Crippen LogP contribution in [0.1, 0.15) is 22.3 Å². The maximum absolute atomic E-state index is 12.2. The molecule has 1 amide bonds. The molecule has 0 aromatic heterocycles. The van der Waals surface area contributed by atoms with Gasteiger partial charge in [-0.15, -0.1) is 0 Å². The Morgan fingerprint density at radius 2 is 2.08 bits per heavy atom. The molecule has 124 valence electrons. The van der Waals surface area contributed by atoms with Gasteiger partial charge in [0.2, 0.25) is 0 Å². The summed E-state index contributed by atoms with van der Waals surface area (Å²) in [6, 6.07) is 15.0. The molecule has 0 fully saturated rings. The predicted molar refractivity (Wildman–Crippen MR) is 95.5 cm³/mol. The summed E-state index contributed by atoms with van der Waals surface area (Å²) in [4.78, 5) is 16.4. The molecule has 0 unspecified atom stereocenters. The van der Waals surface area contributed by atoms with Crippen molar-refractivity contribution >= 4 is 29.2 Å². The van der Waals surface area contributed by atoms with Crippen LogP contribution in [0.2, 0.25) is 5.02 Å². The Bertz CT molecular complexity index is 759. The van der Waals surface area contributed by atoms with Gasteiger partial charge in [0.25, 0.3) is 11.9 Å². The van der Waals surface area contributed by atoms with Crippen LogP contribution in [0.25, 0.3) is 0 Å². The molecular formula is C18H18ClN3O2. The molecule has 24 heavy (non-hydrogen) atoms. The van der Waals surface area contributed by atoms with Gasteiger partial charge in [-0.25, -0.2) is 4.99 Å². The van der Waals surface area contributed by atoms with Gasteiger partial charge in [-0.3, -0.25) is 4.79 Å². The first kappa shape index (κ1) is 16.3. The van der Waals surface area contributed by atoms with Crippen molar-refractivity contribution in [2.75, 3.05) is 11.9 Å². The van der Waals surface area contributed by atoms with E-state index in [2.05, 4.69) is 10.3 Å². The summed E-state index contributed by atoms with van der Waals surface area (Å²) in [5.74, 6) is -0.182. The molecule has 1 aliphatic rings. The molecule has 3 N–H and O–H groups in total. The second kappa shape index (κ2) is 7.36. The average molecular weight is 344 g/mol. The normalized spacial score (nSPS) is 16.4. The zero-order valence-corrected chi connectivity index (χ0v) is 13.8. The predicted octanol–water partition coefficient (Wildman–Crippen LogP) is 3.24. The van der Waals surface area contributed by atoms with Crippen LogP contribution in [0.15, 0.2) is 53.5 Å². The van der Waals surface area contributed by atoms with E-state index in [0.717, 1.165) is 18.5 Å². The second-order valence-electron chi connectivity index (χ2n) is 5.63. The fraction of sp³-hybridized carbons (Fsp3) is 0.222.